The van der Waals surface area contributed by atoms with Gasteiger partial charge in [0.2, 0.25) is 5.91 Å². The number of hydroxylamine groups is 1. The molecule has 238 valence electrons. The van der Waals surface area contributed by atoms with Crippen LogP contribution in [0.5, 0.6) is 0 Å². The summed E-state index contributed by atoms with van der Waals surface area (Å²) >= 11 is 6.78. The van der Waals surface area contributed by atoms with E-state index in [0.29, 0.717) is 23.8 Å². The smallest absolute Gasteiger partial charge is 0.274 e. The van der Waals surface area contributed by atoms with Crippen molar-refractivity contribution in [3.63, 3.8) is 0 Å². The fourth-order valence-electron chi connectivity index (χ4n) is 6.35. The summed E-state index contributed by atoms with van der Waals surface area (Å²) in [5, 5.41) is 12.5. The number of para-hydroxylation sites is 1. The number of ketones is 1. The maximum atomic E-state index is 15.3. The highest BCUT2D eigenvalue weighted by Gasteiger charge is 2.39. The molecule has 3 heterocycles. The SMILES string of the molecule is [C-]#[N+]c1c(N2CCN(C(=O)C=C)C[C@@H]2C)c2c(n(-c3c(C(C)C)cccc3C(C)C)c1=O)N(O)/C(=C1\C(=O)C=CC=C1F)C(Cl)=C2. The molecule has 1 saturated heterocycles. The summed E-state index contributed by atoms with van der Waals surface area (Å²) < 4.78 is 16.6. The van der Waals surface area contributed by atoms with Gasteiger partial charge in [0.1, 0.15) is 11.5 Å². The van der Waals surface area contributed by atoms with Gasteiger partial charge in [-0.25, -0.2) is 14.3 Å². The average Bonchev–Trinajstić information content (AvgIpc) is 3.01. The second-order valence-corrected chi connectivity index (χ2v) is 12.5. The first kappa shape index (κ1) is 32.7. The van der Waals surface area contributed by atoms with Gasteiger partial charge >= 0.3 is 0 Å². The van der Waals surface area contributed by atoms with E-state index in [4.69, 9.17) is 18.2 Å². The number of pyridine rings is 1. The molecule has 11 heteroatoms. The molecule has 1 atom stereocenters. The van der Waals surface area contributed by atoms with Gasteiger partial charge in [-0.05, 0) is 54.2 Å². The Morgan fingerprint density at radius 3 is 2.35 bits per heavy atom. The van der Waals surface area contributed by atoms with Crippen LogP contribution in [0.1, 0.15) is 63.1 Å². The van der Waals surface area contributed by atoms with Gasteiger partial charge in [0.25, 0.3) is 11.2 Å². The van der Waals surface area contributed by atoms with Gasteiger partial charge in [-0.1, -0.05) is 70.1 Å². The molecule has 1 aliphatic carbocycles. The predicted octanol–water partition coefficient (Wildman–Crippen LogP) is 6.89. The number of rotatable bonds is 5. The third-order valence-corrected chi connectivity index (χ3v) is 8.83. The van der Waals surface area contributed by atoms with Crippen LogP contribution in [-0.4, -0.2) is 52.0 Å². The van der Waals surface area contributed by atoms with E-state index in [-0.39, 0.29) is 63.8 Å². The van der Waals surface area contributed by atoms with Gasteiger partial charge in [-0.2, -0.15) is 0 Å². The minimum absolute atomic E-state index is 0.0686. The first-order valence-electron chi connectivity index (χ1n) is 15.0. The van der Waals surface area contributed by atoms with Crippen molar-refractivity contribution in [2.45, 2.75) is 52.5 Å². The van der Waals surface area contributed by atoms with E-state index in [1.54, 1.807) is 4.90 Å². The molecule has 1 fully saturated rings. The molecule has 2 aliphatic heterocycles. The largest absolute Gasteiger partial charge is 0.373 e. The van der Waals surface area contributed by atoms with Crippen LogP contribution in [0.2, 0.25) is 0 Å². The number of benzene rings is 1. The molecule has 3 aliphatic rings. The summed E-state index contributed by atoms with van der Waals surface area (Å²) in [6.07, 6.45) is 6.22. The fraction of sp³-hybridized carbons (Fsp3) is 0.314. The zero-order valence-electron chi connectivity index (χ0n) is 26.3. The maximum absolute atomic E-state index is 15.3. The molecule has 2 aromatic rings. The lowest BCUT2D eigenvalue weighted by atomic mass is 9.91. The standard InChI is InChI=1S/C35H35ClFN5O4/c1-8-28(44)39-15-16-40(21(6)18-39)32-24-17-25(36)33(29-26(37)13-10-14-27(29)43)42(46)34(24)41(35(45)30(32)38-7)31-22(19(2)3)11-9-12-23(31)20(4)5/h8-14,17,19-21,46H,1,15-16,18H2,2-6H3/b33-29-/t21-/m0/s1. The molecule has 0 spiro atoms. The van der Waals surface area contributed by atoms with Crippen LogP contribution < -0.4 is 15.5 Å². The third kappa shape index (κ3) is 5.29. The van der Waals surface area contributed by atoms with Crippen molar-refractivity contribution < 1.29 is 19.2 Å². The predicted molar refractivity (Wildman–Crippen MR) is 179 cm³/mol. The fourth-order valence-corrected chi connectivity index (χ4v) is 6.63. The van der Waals surface area contributed by atoms with E-state index in [9.17, 15) is 19.6 Å². The Bertz CT molecular complexity index is 1870. The number of fused-ring (bicyclic) bond motifs is 1. The summed E-state index contributed by atoms with van der Waals surface area (Å²) in [4.78, 5) is 47.3. The minimum Gasteiger partial charge on any atom is -0.373 e. The number of hydrogen-bond acceptors (Lipinski definition) is 6. The zero-order valence-corrected chi connectivity index (χ0v) is 27.1. The number of allylic oxidation sites excluding steroid dienone is 6. The van der Waals surface area contributed by atoms with E-state index in [1.165, 1.54) is 22.8 Å². The lowest BCUT2D eigenvalue weighted by molar-refractivity contribution is -0.126. The van der Waals surface area contributed by atoms with Gasteiger partial charge in [0.05, 0.1) is 28.6 Å². The molecule has 0 bridgehead atoms. The molecule has 1 N–H and O–H groups in total. The molecule has 9 nitrogen and oxygen atoms in total. The van der Waals surface area contributed by atoms with Crippen LogP contribution in [0.3, 0.4) is 0 Å². The van der Waals surface area contributed by atoms with E-state index in [2.05, 4.69) is 11.4 Å². The van der Waals surface area contributed by atoms with Gasteiger partial charge in [0.15, 0.2) is 11.6 Å². The number of carbonyl (C=O) groups excluding carboxylic acids is 2. The molecule has 0 saturated carbocycles. The number of amides is 1. The van der Waals surface area contributed by atoms with Crippen molar-refractivity contribution in [3.05, 3.63) is 110 Å². The number of halogens is 2. The van der Waals surface area contributed by atoms with Crippen LogP contribution >= 0.6 is 11.6 Å². The van der Waals surface area contributed by atoms with Gasteiger partial charge in [-0.15, -0.1) is 0 Å². The Balaban J connectivity index is 1.93. The number of hydrogen-bond donors (Lipinski definition) is 1. The molecule has 46 heavy (non-hydrogen) atoms. The topological polar surface area (TPSA) is 90.5 Å². The summed E-state index contributed by atoms with van der Waals surface area (Å²) in [6, 6.07) is 5.32. The number of anilines is 2. The summed E-state index contributed by atoms with van der Waals surface area (Å²) in [5.41, 5.74) is 0.850. The van der Waals surface area contributed by atoms with Crippen molar-refractivity contribution in [2.75, 3.05) is 29.6 Å². The van der Waals surface area contributed by atoms with Crippen molar-refractivity contribution in [1.29, 1.82) is 0 Å². The van der Waals surface area contributed by atoms with E-state index in [0.717, 1.165) is 23.3 Å². The van der Waals surface area contributed by atoms with Crippen LogP contribution in [-0.2, 0) is 9.59 Å². The third-order valence-electron chi connectivity index (χ3n) is 8.54. The van der Waals surface area contributed by atoms with Crippen LogP contribution in [0.15, 0.2) is 76.0 Å². The van der Waals surface area contributed by atoms with Gasteiger partial charge in [0, 0.05) is 31.2 Å². The van der Waals surface area contributed by atoms with E-state index < -0.39 is 22.7 Å². The Hall–Kier alpha value is -4.72. The van der Waals surface area contributed by atoms with Crippen molar-refractivity contribution >= 4 is 46.6 Å². The Morgan fingerprint density at radius 2 is 1.80 bits per heavy atom. The molecule has 1 amide bonds. The minimum atomic E-state index is -0.898. The van der Waals surface area contributed by atoms with E-state index in [1.807, 2.05) is 57.7 Å². The summed E-state index contributed by atoms with van der Waals surface area (Å²) in [6.45, 7) is 22.4. The zero-order chi connectivity index (χ0) is 33.6. The Kier molecular flexibility index (Phi) is 8.94. The average molecular weight is 644 g/mol. The van der Waals surface area contributed by atoms with Gasteiger partial charge < -0.3 is 9.80 Å². The lowest BCUT2D eigenvalue weighted by Gasteiger charge is -2.43. The van der Waals surface area contributed by atoms with E-state index >= 15 is 4.39 Å². The molecule has 0 unspecified atom stereocenters. The molecular formula is C35H35ClFN5O4. The molecule has 1 aromatic heterocycles. The summed E-state index contributed by atoms with van der Waals surface area (Å²) in [5.74, 6) is -2.06. The highest BCUT2D eigenvalue weighted by molar-refractivity contribution is 6.36. The molecule has 1 aromatic carbocycles. The van der Waals surface area contributed by atoms with Crippen molar-refractivity contribution in [2.24, 2.45) is 0 Å². The van der Waals surface area contributed by atoms with Crippen molar-refractivity contribution in [1.82, 2.24) is 9.47 Å². The maximum Gasteiger partial charge on any atom is 0.274 e. The first-order valence-corrected chi connectivity index (χ1v) is 15.4. The van der Waals surface area contributed by atoms with Crippen molar-refractivity contribution in [3.8, 4) is 5.69 Å². The molecule has 5 rings (SSSR count). The van der Waals surface area contributed by atoms with Gasteiger partial charge in [-0.3, -0.25) is 24.2 Å². The monoisotopic (exact) mass is 643 g/mol. The number of aromatic nitrogens is 1. The summed E-state index contributed by atoms with van der Waals surface area (Å²) in [7, 11) is 0. The van der Waals surface area contributed by atoms with Crippen LogP contribution in [0.25, 0.3) is 16.6 Å². The highest BCUT2D eigenvalue weighted by atomic mass is 35.5. The normalized spacial score (nSPS) is 19.7. The lowest BCUT2D eigenvalue weighted by Crippen LogP contribution is -2.54. The highest BCUT2D eigenvalue weighted by Crippen LogP contribution is 2.48. The Labute approximate surface area is 272 Å². The van der Waals surface area contributed by atoms with Crippen LogP contribution in [0.4, 0.5) is 21.6 Å². The number of piperazine rings is 1. The number of carbonyl (C=O) groups is 2. The first-order chi connectivity index (χ1) is 21.8. The molecule has 0 radical (unpaired) electrons. The van der Waals surface area contributed by atoms with Crippen LogP contribution in [0, 0.1) is 6.57 Å². The molecular weight excluding hydrogens is 609 g/mol. The number of nitrogens with zero attached hydrogens (tertiary/aromatic N) is 5. The second kappa shape index (κ2) is 12.6. The second-order valence-electron chi connectivity index (χ2n) is 12.1. The Morgan fingerprint density at radius 1 is 1.15 bits per heavy atom. The quantitative estimate of drug-likeness (QED) is 0.282.